The number of nitrogens with two attached hydrogens (primary N) is 2. The van der Waals surface area contributed by atoms with Crippen LogP contribution >= 0.6 is 0 Å². The summed E-state index contributed by atoms with van der Waals surface area (Å²) in [5, 5.41) is 15.7. The molecule has 0 aromatic carbocycles. The van der Waals surface area contributed by atoms with Crippen LogP contribution in [0.5, 0.6) is 0 Å². The van der Waals surface area contributed by atoms with Crippen molar-refractivity contribution in [3.05, 3.63) is 0 Å². The van der Waals surface area contributed by atoms with Gasteiger partial charge in [0.05, 0.1) is 0 Å². The van der Waals surface area contributed by atoms with Gasteiger partial charge in [-0.1, -0.05) is 0 Å². The molecular formula is C6H14N2NiO4. The summed E-state index contributed by atoms with van der Waals surface area (Å²) in [6, 6.07) is -1.46. The molecule has 0 amide bonds. The fraction of sp³-hybridized carbons (Fsp3) is 0.667. The topological polar surface area (TPSA) is 127 Å². The van der Waals surface area contributed by atoms with E-state index in [1.165, 1.54) is 13.8 Å². The predicted octanol–water partition coefficient (Wildman–Crippen LogP) is -1.17. The van der Waals surface area contributed by atoms with Crippen LogP contribution in [0.25, 0.3) is 0 Å². The first-order valence-corrected chi connectivity index (χ1v) is 3.25. The molecule has 0 aliphatic heterocycles. The maximum Gasteiger partial charge on any atom is 0.320 e. The molecule has 6 nitrogen and oxygen atoms in total. The van der Waals surface area contributed by atoms with E-state index >= 15 is 0 Å². The number of hydrogen-bond acceptors (Lipinski definition) is 4. The first-order valence-electron chi connectivity index (χ1n) is 3.25. The SMILES string of the molecule is CC(N)C(=O)O.CC(N)C(=O)O.[Ni]. The largest absolute Gasteiger partial charge is 0.480 e. The number of carbonyl (C=O) groups is 2. The van der Waals surface area contributed by atoms with Gasteiger partial charge in [-0.05, 0) is 13.8 Å². The zero-order valence-electron chi connectivity index (χ0n) is 7.34. The Bertz CT molecular complexity index is 143. The first-order chi connectivity index (χ1) is 5.29. The van der Waals surface area contributed by atoms with Gasteiger partial charge < -0.3 is 21.7 Å². The van der Waals surface area contributed by atoms with Gasteiger partial charge in [-0.2, -0.15) is 0 Å². The standard InChI is InChI=1S/2C3H7NO2.Ni/c2*1-2(4)3(5)6;/h2*2H,4H2,1H3,(H,5,6);. The van der Waals surface area contributed by atoms with Crippen molar-refractivity contribution in [3.8, 4) is 0 Å². The summed E-state index contributed by atoms with van der Waals surface area (Å²) >= 11 is 0. The molecule has 0 spiro atoms. The summed E-state index contributed by atoms with van der Waals surface area (Å²) in [6.07, 6.45) is 0. The third-order valence-corrected chi connectivity index (χ3v) is 0.779. The maximum absolute atomic E-state index is 9.57. The average molecular weight is 237 g/mol. The summed E-state index contributed by atoms with van der Waals surface area (Å²) in [5.74, 6) is -1.93. The Morgan fingerprint density at radius 1 is 1.00 bits per heavy atom. The number of carboxylic acids is 2. The molecule has 7 heteroatoms. The van der Waals surface area contributed by atoms with Gasteiger partial charge >= 0.3 is 11.9 Å². The Balaban J connectivity index is -0.000000143. The van der Waals surface area contributed by atoms with Crippen LogP contribution in [0.4, 0.5) is 0 Å². The molecule has 0 aromatic rings. The molecule has 6 N–H and O–H groups in total. The first kappa shape index (κ1) is 18.2. The van der Waals surface area contributed by atoms with E-state index in [1.54, 1.807) is 0 Å². The van der Waals surface area contributed by atoms with Crippen molar-refractivity contribution in [2.75, 3.05) is 0 Å². The minimum atomic E-state index is -0.963. The molecule has 0 aliphatic carbocycles. The number of aliphatic carboxylic acids is 2. The molecule has 0 heterocycles. The monoisotopic (exact) mass is 236 g/mol. The Morgan fingerprint density at radius 3 is 1.08 bits per heavy atom. The van der Waals surface area contributed by atoms with Gasteiger partial charge in [-0.3, -0.25) is 9.59 Å². The van der Waals surface area contributed by atoms with Gasteiger partial charge in [0, 0.05) is 16.5 Å². The van der Waals surface area contributed by atoms with Gasteiger partial charge in [-0.25, -0.2) is 0 Å². The molecule has 0 aromatic heterocycles. The van der Waals surface area contributed by atoms with E-state index in [0.717, 1.165) is 0 Å². The fourth-order valence-corrected chi connectivity index (χ4v) is 0. The Morgan fingerprint density at radius 2 is 1.08 bits per heavy atom. The van der Waals surface area contributed by atoms with Crippen LogP contribution in [0.3, 0.4) is 0 Å². The van der Waals surface area contributed by atoms with Crippen LogP contribution in [-0.4, -0.2) is 34.2 Å². The van der Waals surface area contributed by atoms with Gasteiger partial charge in [0.25, 0.3) is 0 Å². The fourth-order valence-electron chi connectivity index (χ4n) is 0. The predicted molar refractivity (Wildman–Crippen MR) is 42.6 cm³/mol. The molecule has 13 heavy (non-hydrogen) atoms. The zero-order chi connectivity index (χ0) is 10.3. The van der Waals surface area contributed by atoms with Crippen molar-refractivity contribution in [3.63, 3.8) is 0 Å². The second-order valence-electron chi connectivity index (χ2n) is 2.25. The van der Waals surface area contributed by atoms with Gasteiger partial charge in [0.1, 0.15) is 12.1 Å². The van der Waals surface area contributed by atoms with Gasteiger partial charge in [-0.15, -0.1) is 0 Å². The molecule has 0 radical (unpaired) electrons. The normalized spacial score (nSPS) is 12.6. The van der Waals surface area contributed by atoms with Crippen LogP contribution in [0.1, 0.15) is 13.8 Å². The molecule has 0 fully saturated rings. The maximum atomic E-state index is 9.57. The van der Waals surface area contributed by atoms with Crippen molar-refractivity contribution in [2.45, 2.75) is 25.9 Å². The molecule has 82 valence electrons. The third kappa shape index (κ3) is 18.4. The smallest absolute Gasteiger partial charge is 0.320 e. The number of hydrogen-bond donors (Lipinski definition) is 4. The third-order valence-electron chi connectivity index (χ3n) is 0.779. The van der Waals surface area contributed by atoms with Gasteiger partial charge in [0.2, 0.25) is 0 Å². The number of carboxylic acid groups (broad SMARTS) is 2. The Labute approximate surface area is 86.2 Å². The summed E-state index contributed by atoms with van der Waals surface area (Å²) in [4.78, 5) is 19.1. The molecule has 2 unspecified atom stereocenters. The van der Waals surface area contributed by atoms with Crippen molar-refractivity contribution < 1.29 is 36.3 Å². The van der Waals surface area contributed by atoms with Gasteiger partial charge in [0.15, 0.2) is 0 Å². The summed E-state index contributed by atoms with van der Waals surface area (Å²) in [6.45, 7) is 2.84. The molecule has 0 bridgehead atoms. The molecule has 0 aliphatic rings. The summed E-state index contributed by atoms with van der Waals surface area (Å²) < 4.78 is 0. The quantitative estimate of drug-likeness (QED) is 0.448. The van der Waals surface area contributed by atoms with Crippen molar-refractivity contribution in [2.24, 2.45) is 11.5 Å². The molecular weight excluding hydrogens is 223 g/mol. The van der Waals surface area contributed by atoms with Crippen molar-refractivity contribution >= 4 is 11.9 Å². The van der Waals surface area contributed by atoms with Crippen LogP contribution < -0.4 is 11.5 Å². The van der Waals surface area contributed by atoms with E-state index in [4.69, 9.17) is 21.7 Å². The van der Waals surface area contributed by atoms with E-state index in [0.29, 0.717) is 0 Å². The minimum absolute atomic E-state index is 0. The Kier molecular flexibility index (Phi) is 13.2. The Hall–Kier alpha value is -0.646. The van der Waals surface area contributed by atoms with E-state index in [9.17, 15) is 9.59 Å². The van der Waals surface area contributed by atoms with Crippen LogP contribution in [0.15, 0.2) is 0 Å². The van der Waals surface area contributed by atoms with Crippen LogP contribution in [0.2, 0.25) is 0 Å². The van der Waals surface area contributed by atoms with Crippen molar-refractivity contribution in [1.82, 2.24) is 0 Å². The zero-order valence-corrected chi connectivity index (χ0v) is 8.32. The van der Waals surface area contributed by atoms with E-state index in [2.05, 4.69) is 0 Å². The van der Waals surface area contributed by atoms with E-state index in [-0.39, 0.29) is 16.5 Å². The average Bonchev–Trinajstić information content (AvgIpc) is 1.88. The summed E-state index contributed by atoms with van der Waals surface area (Å²) in [7, 11) is 0. The summed E-state index contributed by atoms with van der Waals surface area (Å²) in [5.41, 5.74) is 9.67. The van der Waals surface area contributed by atoms with Crippen molar-refractivity contribution in [1.29, 1.82) is 0 Å². The molecule has 0 saturated carbocycles. The van der Waals surface area contributed by atoms with E-state index < -0.39 is 24.0 Å². The molecule has 0 saturated heterocycles. The second-order valence-corrected chi connectivity index (χ2v) is 2.25. The molecule has 2 atom stereocenters. The molecule has 0 rings (SSSR count). The second kappa shape index (κ2) is 9.44. The number of rotatable bonds is 2. The minimum Gasteiger partial charge on any atom is -0.480 e. The van der Waals surface area contributed by atoms with Crippen LogP contribution in [0, 0.1) is 0 Å². The van der Waals surface area contributed by atoms with E-state index in [1.807, 2.05) is 0 Å². The van der Waals surface area contributed by atoms with Crippen LogP contribution in [-0.2, 0) is 26.1 Å².